The van der Waals surface area contributed by atoms with Crippen LogP contribution in [0.25, 0.3) is 0 Å². The lowest BCUT2D eigenvalue weighted by molar-refractivity contribution is 0.402. The lowest BCUT2D eigenvalue weighted by Gasteiger charge is -2.27. The quantitative estimate of drug-likeness (QED) is 0.707. The Kier molecular flexibility index (Phi) is 4.43. The van der Waals surface area contributed by atoms with Gasteiger partial charge in [-0.2, -0.15) is 0 Å². The van der Waals surface area contributed by atoms with Gasteiger partial charge in [-0.25, -0.2) is 0 Å². The van der Waals surface area contributed by atoms with Crippen LogP contribution in [-0.4, -0.2) is 16.8 Å². The summed E-state index contributed by atoms with van der Waals surface area (Å²) in [6.07, 6.45) is 0. The van der Waals surface area contributed by atoms with Gasteiger partial charge in [0.15, 0.2) is 11.5 Å². The number of benzene rings is 2. The van der Waals surface area contributed by atoms with Crippen molar-refractivity contribution in [1.29, 1.82) is 0 Å². The number of hydrogen-bond acceptors (Lipinski definition) is 3. The first-order chi connectivity index (χ1) is 9.16. The molecule has 0 fully saturated rings. The van der Waals surface area contributed by atoms with E-state index in [1.165, 1.54) is 11.6 Å². The van der Waals surface area contributed by atoms with Crippen molar-refractivity contribution in [3.05, 3.63) is 58.1 Å². The molecular formula is C15H15Cl2NO2. The number of hydrogen-bond donors (Lipinski definition) is 3. The third kappa shape index (κ3) is 2.57. The van der Waals surface area contributed by atoms with Gasteiger partial charge in [0.1, 0.15) is 0 Å². The standard InChI is InChI=1S/C15H14ClNO2.ClH/c16-13-3-1-2-10-11(7-17-8-12(10)13)9-4-5-14(18)15(19)6-9;/h1-6,11,17-19H,7-8H2;1H. The number of phenolic OH excluding ortho intramolecular Hbond substituents is 2. The van der Waals surface area contributed by atoms with Crippen molar-refractivity contribution >= 4 is 24.0 Å². The third-order valence-electron chi connectivity index (χ3n) is 3.58. The molecule has 2 aromatic carbocycles. The highest BCUT2D eigenvalue weighted by atomic mass is 35.5. The van der Waals surface area contributed by atoms with Crippen LogP contribution in [0.15, 0.2) is 36.4 Å². The highest BCUT2D eigenvalue weighted by Crippen LogP contribution is 2.36. The fraction of sp³-hybridized carbons (Fsp3) is 0.200. The van der Waals surface area contributed by atoms with Crippen LogP contribution in [0, 0.1) is 0 Å². The Morgan fingerprint density at radius 2 is 1.90 bits per heavy atom. The summed E-state index contributed by atoms with van der Waals surface area (Å²) >= 11 is 6.22. The maximum atomic E-state index is 9.64. The first-order valence-corrected chi connectivity index (χ1v) is 6.54. The zero-order valence-electron chi connectivity index (χ0n) is 10.6. The van der Waals surface area contributed by atoms with Crippen molar-refractivity contribution in [1.82, 2.24) is 5.32 Å². The van der Waals surface area contributed by atoms with Gasteiger partial charge in [-0.15, -0.1) is 12.4 Å². The monoisotopic (exact) mass is 311 g/mol. The summed E-state index contributed by atoms with van der Waals surface area (Å²) in [4.78, 5) is 0. The van der Waals surface area contributed by atoms with Gasteiger partial charge in [0.2, 0.25) is 0 Å². The number of aromatic hydroxyl groups is 2. The Bertz CT molecular complexity index is 631. The number of phenols is 2. The Labute approximate surface area is 128 Å². The van der Waals surface area contributed by atoms with Crippen LogP contribution in [0.2, 0.25) is 5.02 Å². The van der Waals surface area contributed by atoms with Crippen LogP contribution in [-0.2, 0) is 6.54 Å². The lowest BCUT2D eigenvalue weighted by Crippen LogP contribution is -2.29. The number of nitrogens with one attached hydrogen (secondary N) is 1. The van der Waals surface area contributed by atoms with Gasteiger partial charge >= 0.3 is 0 Å². The van der Waals surface area contributed by atoms with Crippen molar-refractivity contribution < 1.29 is 10.2 Å². The average molecular weight is 312 g/mol. The Balaban J connectivity index is 0.00000147. The van der Waals surface area contributed by atoms with Gasteiger partial charge < -0.3 is 15.5 Å². The van der Waals surface area contributed by atoms with Crippen LogP contribution in [0.1, 0.15) is 22.6 Å². The zero-order chi connectivity index (χ0) is 13.4. The summed E-state index contributed by atoms with van der Waals surface area (Å²) in [5, 5.41) is 23.1. The van der Waals surface area contributed by atoms with E-state index in [2.05, 4.69) is 11.4 Å². The molecule has 0 saturated heterocycles. The highest BCUT2D eigenvalue weighted by molar-refractivity contribution is 6.31. The van der Waals surface area contributed by atoms with Crippen LogP contribution >= 0.6 is 24.0 Å². The molecule has 0 saturated carbocycles. The number of rotatable bonds is 1. The molecule has 0 aliphatic carbocycles. The summed E-state index contributed by atoms with van der Waals surface area (Å²) in [6.45, 7) is 1.55. The smallest absolute Gasteiger partial charge is 0.157 e. The van der Waals surface area contributed by atoms with Gasteiger partial charge in [0, 0.05) is 24.0 Å². The molecule has 1 aliphatic heterocycles. The molecule has 1 atom stereocenters. The van der Waals surface area contributed by atoms with E-state index < -0.39 is 0 Å². The minimum absolute atomic E-state index is 0. The van der Waals surface area contributed by atoms with Crippen LogP contribution in [0.4, 0.5) is 0 Å². The molecule has 20 heavy (non-hydrogen) atoms. The van der Waals surface area contributed by atoms with E-state index in [1.807, 2.05) is 18.2 Å². The van der Waals surface area contributed by atoms with Crippen molar-refractivity contribution in [3.63, 3.8) is 0 Å². The molecule has 1 aliphatic rings. The van der Waals surface area contributed by atoms with E-state index in [0.29, 0.717) is 0 Å². The summed E-state index contributed by atoms with van der Waals surface area (Å²) < 4.78 is 0. The van der Waals surface area contributed by atoms with Crippen molar-refractivity contribution in [2.75, 3.05) is 6.54 Å². The van der Waals surface area contributed by atoms with Gasteiger partial charge in [-0.3, -0.25) is 0 Å². The topological polar surface area (TPSA) is 52.5 Å². The van der Waals surface area contributed by atoms with E-state index >= 15 is 0 Å². The molecule has 5 heteroatoms. The van der Waals surface area contributed by atoms with E-state index in [9.17, 15) is 10.2 Å². The van der Waals surface area contributed by atoms with Gasteiger partial charge in [-0.05, 0) is 34.9 Å². The zero-order valence-corrected chi connectivity index (χ0v) is 12.2. The number of fused-ring (bicyclic) bond motifs is 1. The van der Waals surface area contributed by atoms with Gasteiger partial charge in [0.25, 0.3) is 0 Å². The second-order valence-corrected chi connectivity index (χ2v) is 5.15. The fourth-order valence-corrected chi connectivity index (χ4v) is 2.84. The van der Waals surface area contributed by atoms with Gasteiger partial charge in [0.05, 0.1) is 0 Å². The third-order valence-corrected chi connectivity index (χ3v) is 3.94. The molecule has 0 spiro atoms. The predicted molar refractivity (Wildman–Crippen MR) is 82.0 cm³/mol. The normalized spacial score (nSPS) is 17.1. The van der Waals surface area contributed by atoms with Crippen LogP contribution in [0.3, 0.4) is 0 Å². The first kappa shape index (κ1) is 15.0. The highest BCUT2D eigenvalue weighted by Gasteiger charge is 2.23. The molecular weight excluding hydrogens is 297 g/mol. The Hall–Kier alpha value is -1.42. The molecule has 3 rings (SSSR count). The molecule has 0 amide bonds. The van der Waals surface area contributed by atoms with E-state index in [4.69, 9.17) is 11.6 Å². The van der Waals surface area contributed by atoms with E-state index in [0.717, 1.165) is 29.2 Å². The molecule has 3 N–H and O–H groups in total. The molecule has 0 aromatic heterocycles. The molecule has 1 heterocycles. The average Bonchev–Trinajstić information content (AvgIpc) is 2.42. The van der Waals surface area contributed by atoms with Gasteiger partial charge in [-0.1, -0.05) is 29.8 Å². The van der Waals surface area contributed by atoms with E-state index in [-0.39, 0.29) is 29.8 Å². The predicted octanol–water partition coefficient (Wildman–Crippen LogP) is 3.41. The van der Waals surface area contributed by atoms with Crippen LogP contribution in [0.5, 0.6) is 11.5 Å². The fourth-order valence-electron chi connectivity index (χ4n) is 2.59. The largest absolute Gasteiger partial charge is 0.504 e. The maximum absolute atomic E-state index is 9.64. The molecule has 3 nitrogen and oxygen atoms in total. The summed E-state index contributed by atoms with van der Waals surface area (Å²) in [5.41, 5.74) is 3.25. The minimum atomic E-state index is -0.0983. The second kappa shape index (κ2) is 5.92. The SMILES string of the molecule is Cl.Oc1ccc(C2CNCc3c(Cl)cccc32)cc1O. The van der Waals surface area contributed by atoms with Crippen molar-refractivity contribution in [3.8, 4) is 11.5 Å². The van der Waals surface area contributed by atoms with E-state index in [1.54, 1.807) is 6.07 Å². The number of halogens is 2. The first-order valence-electron chi connectivity index (χ1n) is 6.16. The van der Waals surface area contributed by atoms with Crippen LogP contribution < -0.4 is 5.32 Å². The van der Waals surface area contributed by atoms with Crippen molar-refractivity contribution in [2.24, 2.45) is 0 Å². The summed E-state index contributed by atoms with van der Waals surface area (Å²) in [6, 6.07) is 10.9. The Morgan fingerprint density at radius 1 is 1.10 bits per heavy atom. The molecule has 2 aromatic rings. The summed E-state index contributed by atoms with van der Waals surface area (Å²) in [5.74, 6) is -0.0561. The van der Waals surface area contributed by atoms with Crippen molar-refractivity contribution in [2.45, 2.75) is 12.5 Å². The molecule has 1 unspecified atom stereocenters. The Morgan fingerprint density at radius 3 is 2.65 bits per heavy atom. The second-order valence-electron chi connectivity index (χ2n) is 4.74. The summed E-state index contributed by atoms with van der Waals surface area (Å²) in [7, 11) is 0. The molecule has 106 valence electrons. The molecule has 0 bridgehead atoms. The maximum Gasteiger partial charge on any atom is 0.157 e. The minimum Gasteiger partial charge on any atom is -0.504 e. The lowest BCUT2D eigenvalue weighted by atomic mass is 9.85. The molecule has 0 radical (unpaired) electrons.